The summed E-state index contributed by atoms with van der Waals surface area (Å²) < 4.78 is 22.1. The van der Waals surface area contributed by atoms with Crippen molar-refractivity contribution in [3.63, 3.8) is 0 Å². The number of ether oxygens (including phenoxy) is 3. The molecule has 10 N–H and O–H groups in total. The molecule has 0 amide bonds. The number of aromatic hydroxyl groups is 8. The molecular weight excluding hydrogens is 592 g/mol. The maximum Gasteiger partial charge on any atom is 0.338 e. The highest BCUT2D eigenvalue weighted by Gasteiger charge is 2.47. The Labute approximate surface area is 244 Å². The first-order valence-electron chi connectivity index (χ1n) is 12.6. The average molecular weight is 616 g/mol. The number of benzene rings is 3. The van der Waals surface area contributed by atoms with Crippen molar-refractivity contribution in [2.24, 2.45) is 0 Å². The molecule has 0 radical (unpaired) electrons. The van der Waals surface area contributed by atoms with E-state index in [1.54, 1.807) is 0 Å². The predicted molar refractivity (Wildman–Crippen MR) is 144 cm³/mol. The molecular formula is C28H24O16. The van der Waals surface area contributed by atoms with Crippen molar-refractivity contribution in [1.29, 1.82) is 0 Å². The van der Waals surface area contributed by atoms with E-state index in [1.165, 1.54) is 6.92 Å². The van der Waals surface area contributed by atoms with Gasteiger partial charge in [0.05, 0.1) is 11.7 Å². The van der Waals surface area contributed by atoms with Gasteiger partial charge in [0.1, 0.15) is 34.7 Å². The molecule has 4 aromatic rings. The van der Waals surface area contributed by atoms with Gasteiger partial charge in [0.15, 0.2) is 46.4 Å². The van der Waals surface area contributed by atoms with Crippen LogP contribution < -0.4 is 10.2 Å². The molecule has 0 aliphatic carbocycles. The zero-order valence-electron chi connectivity index (χ0n) is 22.3. The fraction of sp³-hybridized carbons (Fsp3) is 0.214. The number of hydrogen-bond acceptors (Lipinski definition) is 16. The van der Waals surface area contributed by atoms with Crippen LogP contribution in [0.1, 0.15) is 17.3 Å². The van der Waals surface area contributed by atoms with E-state index < -0.39 is 111 Å². The van der Waals surface area contributed by atoms with Gasteiger partial charge in [0.2, 0.25) is 17.5 Å². The number of rotatable bonds is 5. The summed E-state index contributed by atoms with van der Waals surface area (Å²) in [6, 6.07) is 5.17. The van der Waals surface area contributed by atoms with Crippen molar-refractivity contribution in [2.45, 2.75) is 37.6 Å². The third kappa shape index (κ3) is 5.13. The van der Waals surface area contributed by atoms with Gasteiger partial charge in [-0.25, -0.2) is 4.79 Å². The van der Waals surface area contributed by atoms with Crippen molar-refractivity contribution >= 4 is 16.9 Å². The molecule has 0 spiro atoms. The second-order valence-corrected chi connectivity index (χ2v) is 9.83. The average Bonchev–Trinajstić information content (AvgIpc) is 2.95. The van der Waals surface area contributed by atoms with E-state index in [-0.39, 0.29) is 11.1 Å². The molecule has 1 aromatic heterocycles. The lowest BCUT2D eigenvalue weighted by atomic mass is 9.99. The normalized spacial score (nSPS) is 21.7. The number of aliphatic hydroxyl groups excluding tert-OH is 2. The van der Waals surface area contributed by atoms with Gasteiger partial charge in [0, 0.05) is 17.7 Å². The molecule has 3 aromatic carbocycles. The largest absolute Gasteiger partial charge is 0.508 e. The highest BCUT2D eigenvalue weighted by Crippen LogP contribution is 2.43. The number of esters is 1. The number of fused-ring (bicyclic) bond motifs is 1. The molecule has 1 fully saturated rings. The number of hydrogen-bond donors (Lipinski definition) is 10. The molecule has 16 nitrogen and oxygen atoms in total. The van der Waals surface area contributed by atoms with Crippen molar-refractivity contribution < 1.29 is 74.5 Å². The van der Waals surface area contributed by atoms with Crippen molar-refractivity contribution in [1.82, 2.24) is 0 Å². The van der Waals surface area contributed by atoms with Crippen LogP contribution in [0.15, 0.2) is 45.6 Å². The Balaban J connectivity index is 1.50. The third-order valence-corrected chi connectivity index (χ3v) is 6.81. The Morgan fingerprint density at radius 1 is 0.773 bits per heavy atom. The van der Waals surface area contributed by atoms with Gasteiger partial charge in [0.25, 0.3) is 0 Å². The van der Waals surface area contributed by atoms with Crippen LogP contribution in [0, 0.1) is 0 Å². The van der Waals surface area contributed by atoms with E-state index in [0.29, 0.717) is 0 Å². The van der Waals surface area contributed by atoms with Crippen LogP contribution in [0.5, 0.6) is 51.7 Å². The van der Waals surface area contributed by atoms with Gasteiger partial charge in [-0.15, -0.1) is 0 Å². The molecule has 1 aliphatic heterocycles. The Kier molecular flexibility index (Phi) is 7.42. The number of carbonyl (C=O) groups excluding carboxylic acids is 1. The lowest BCUT2D eigenvalue weighted by molar-refractivity contribution is -0.267. The summed E-state index contributed by atoms with van der Waals surface area (Å²) in [5.41, 5.74) is -2.11. The molecule has 1 saturated heterocycles. The fourth-order valence-electron chi connectivity index (χ4n) is 4.60. The van der Waals surface area contributed by atoms with E-state index >= 15 is 0 Å². The van der Waals surface area contributed by atoms with Gasteiger partial charge in [-0.1, -0.05) is 0 Å². The van der Waals surface area contributed by atoms with E-state index in [9.17, 15) is 60.7 Å². The summed E-state index contributed by atoms with van der Waals surface area (Å²) in [5, 5.41) is 100. The Morgan fingerprint density at radius 2 is 1.34 bits per heavy atom. The minimum atomic E-state index is -2.02. The highest BCUT2D eigenvalue weighted by molar-refractivity contribution is 5.91. The molecule has 2 heterocycles. The monoisotopic (exact) mass is 616 g/mol. The Bertz CT molecular complexity index is 1800. The summed E-state index contributed by atoms with van der Waals surface area (Å²) in [6.07, 6.45) is -8.63. The molecule has 0 saturated carbocycles. The predicted octanol–water partition coefficient (Wildman–Crippen LogP) is 1.18. The number of phenolic OH excluding ortho intramolecular Hbond substituents is 8. The first-order chi connectivity index (χ1) is 20.7. The summed E-state index contributed by atoms with van der Waals surface area (Å²) in [5.74, 6) is -8.80. The second kappa shape index (κ2) is 10.9. The maximum atomic E-state index is 13.6. The molecule has 232 valence electrons. The van der Waals surface area contributed by atoms with Crippen LogP contribution in [0.4, 0.5) is 0 Å². The molecule has 0 bridgehead atoms. The lowest BCUT2D eigenvalue weighted by Gasteiger charge is -2.40. The van der Waals surface area contributed by atoms with Crippen LogP contribution in [-0.4, -0.2) is 87.7 Å². The van der Waals surface area contributed by atoms with Crippen LogP contribution in [0.2, 0.25) is 0 Å². The smallest absolute Gasteiger partial charge is 0.338 e. The number of phenols is 8. The van der Waals surface area contributed by atoms with Crippen molar-refractivity contribution in [3.8, 4) is 63.1 Å². The minimum absolute atomic E-state index is 0.249. The zero-order chi connectivity index (χ0) is 32.2. The number of carbonyl (C=O) groups is 1. The second-order valence-electron chi connectivity index (χ2n) is 9.83. The molecule has 5 rings (SSSR count). The van der Waals surface area contributed by atoms with Gasteiger partial charge in [-0.3, -0.25) is 4.79 Å². The molecule has 5 atom stereocenters. The van der Waals surface area contributed by atoms with Gasteiger partial charge in [-0.2, -0.15) is 0 Å². The van der Waals surface area contributed by atoms with Gasteiger partial charge in [-0.05, 0) is 31.2 Å². The van der Waals surface area contributed by atoms with Crippen molar-refractivity contribution in [3.05, 3.63) is 52.2 Å². The quantitative estimate of drug-likeness (QED) is 0.111. The first-order valence-corrected chi connectivity index (χ1v) is 12.6. The van der Waals surface area contributed by atoms with E-state index in [4.69, 9.17) is 18.6 Å². The summed E-state index contributed by atoms with van der Waals surface area (Å²) in [6.45, 7) is 1.31. The summed E-state index contributed by atoms with van der Waals surface area (Å²) in [4.78, 5) is 26.2. The van der Waals surface area contributed by atoms with Gasteiger partial charge < -0.3 is 69.7 Å². The van der Waals surface area contributed by atoms with Crippen LogP contribution >= 0.6 is 0 Å². The third-order valence-electron chi connectivity index (χ3n) is 6.81. The summed E-state index contributed by atoms with van der Waals surface area (Å²) >= 11 is 0. The molecule has 44 heavy (non-hydrogen) atoms. The Hall–Kier alpha value is -5.58. The van der Waals surface area contributed by atoms with Crippen LogP contribution in [0.25, 0.3) is 22.3 Å². The van der Waals surface area contributed by atoms with E-state index in [1.807, 2.05) is 0 Å². The topological polar surface area (TPSA) is 277 Å². The van der Waals surface area contributed by atoms with Crippen LogP contribution in [-0.2, 0) is 9.47 Å². The van der Waals surface area contributed by atoms with Gasteiger partial charge >= 0.3 is 5.97 Å². The highest BCUT2D eigenvalue weighted by atomic mass is 16.7. The lowest BCUT2D eigenvalue weighted by Crippen LogP contribution is -2.59. The Morgan fingerprint density at radius 3 is 1.93 bits per heavy atom. The van der Waals surface area contributed by atoms with E-state index in [0.717, 1.165) is 36.4 Å². The zero-order valence-corrected chi connectivity index (χ0v) is 22.3. The molecule has 16 heteroatoms. The maximum absolute atomic E-state index is 13.6. The van der Waals surface area contributed by atoms with Crippen molar-refractivity contribution in [2.75, 3.05) is 0 Å². The minimum Gasteiger partial charge on any atom is -0.508 e. The number of aliphatic hydroxyl groups is 2. The summed E-state index contributed by atoms with van der Waals surface area (Å²) in [7, 11) is 0. The first kappa shape index (κ1) is 29.9. The molecule has 1 aliphatic rings. The van der Waals surface area contributed by atoms with Crippen LogP contribution in [0.3, 0.4) is 0 Å². The molecule has 0 unspecified atom stereocenters. The SMILES string of the molecule is C[C@@H]1O[C@@H](Oc2c(-c3cc(O)c(O)c(O)c3)oc3cc(O)cc(O)c3c2=O)[C@H](O)[C@H](O)[C@H]1OC(=O)c1cc(O)c(O)c(O)c1. The fourth-order valence-corrected chi connectivity index (χ4v) is 4.60. The van der Waals surface area contributed by atoms with E-state index in [2.05, 4.69) is 0 Å². The standard InChI is InChI=1S/C28H24O16/c1-8-24(43-27(40)10-4-15(33)20(36)16(34)5-10)22(38)23(39)28(41-8)44-26-21(37)18-12(30)6-11(29)7-17(18)42-25(26)9-2-13(31)19(35)14(32)3-9/h2-8,22-24,28-36,38-39H,1H3/t8-,22-,23+,24-,28-/m0/s1.